The minimum Gasteiger partial charge on any atom is -0.497 e. The third kappa shape index (κ3) is 5.70. The van der Waals surface area contributed by atoms with Gasteiger partial charge in [-0.3, -0.25) is 14.2 Å². The van der Waals surface area contributed by atoms with Crippen LogP contribution in [0.25, 0.3) is 11.3 Å². The normalized spacial score (nSPS) is 10.5. The lowest BCUT2D eigenvalue weighted by Gasteiger charge is -2.10. The summed E-state index contributed by atoms with van der Waals surface area (Å²) in [5, 5.41) is 2.75. The van der Waals surface area contributed by atoms with Crippen molar-refractivity contribution in [3.8, 4) is 22.8 Å². The fourth-order valence-corrected chi connectivity index (χ4v) is 3.05. The van der Waals surface area contributed by atoms with E-state index in [1.54, 1.807) is 19.2 Å². The van der Waals surface area contributed by atoms with Crippen LogP contribution in [0.3, 0.4) is 0 Å². The lowest BCUT2D eigenvalue weighted by molar-refractivity contribution is -0.121. The standard InChI is InChI=1S/C23H25N3O4/c1-16-10-17(2)12-20(11-16)30-9-8-24-22(27)14-26-15-25-21(13-23(26)28)18-4-6-19(29-3)7-5-18/h4-7,10-13,15H,8-9,14H2,1-3H3,(H,24,27). The Morgan fingerprint density at radius 3 is 2.37 bits per heavy atom. The van der Waals surface area contributed by atoms with Gasteiger partial charge in [0.1, 0.15) is 24.7 Å². The van der Waals surface area contributed by atoms with E-state index in [9.17, 15) is 9.59 Å². The van der Waals surface area contributed by atoms with E-state index in [-0.39, 0.29) is 18.0 Å². The summed E-state index contributed by atoms with van der Waals surface area (Å²) in [5.41, 5.74) is 3.30. The van der Waals surface area contributed by atoms with Crippen molar-refractivity contribution < 1.29 is 14.3 Å². The van der Waals surface area contributed by atoms with Gasteiger partial charge in [-0.2, -0.15) is 0 Å². The topological polar surface area (TPSA) is 82.5 Å². The first-order valence-corrected chi connectivity index (χ1v) is 9.63. The fraction of sp³-hybridized carbons (Fsp3) is 0.261. The lowest BCUT2D eigenvalue weighted by Crippen LogP contribution is -2.34. The fourth-order valence-electron chi connectivity index (χ4n) is 3.05. The summed E-state index contributed by atoms with van der Waals surface area (Å²) in [6, 6.07) is 14.6. The molecule has 0 saturated heterocycles. The molecule has 0 saturated carbocycles. The molecule has 0 atom stereocenters. The molecule has 1 amide bonds. The van der Waals surface area contributed by atoms with Crippen LogP contribution in [0.5, 0.6) is 11.5 Å². The Labute approximate surface area is 175 Å². The van der Waals surface area contributed by atoms with Crippen LogP contribution in [0.2, 0.25) is 0 Å². The predicted molar refractivity (Wildman–Crippen MR) is 115 cm³/mol. The highest BCUT2D eigenvalue weighted by Crippen LogP contribution is 2.19. The van der Waals surface area contributed by atoms with E-state index in [4.69, 9.17) is 9.47 Å². The maximum atomic E-state index is 12.3. The molecule has 30 heavy (non-hydrogen) atoms. The molecule has 7 nitrogen and oxygen atoms in total. The largest absolute Gasteiger partial charge is 0.497 e. The van der Waals surface area contributed by atoms with Crippen molar-refractivity contribution in [1.29, 1.82) is 0 Å². The molecule has 0 spiro atoms. The van der Waals surface area contributed by atoms with Gasteiger partial charge in [-0.05, 0) is 61.4 Å². The Hall–Kier alpha value is -3.61. The smallest absolute Gasteiger partial charge is 0.254 e. The van der Waals surface area contributed by atoms with Crippen molar-refractivity contribution in [2.75, 3.05) is 20.3 Å². The number of carbonyl (C=O) groups excluding carboxylic acids is 1. The highest BCUT2D eigenvalue weighted by Gasteiger charge is 2.07. The van der Waals surface area contributed by atoms with Crippen LogP contribution in [-0.4, -0.2) is 35.7 Å². The van der Waals surface area contributed by atoms with Crippen LogP contribution < -0.4 is 20.3 Å². The summed E-state index contributed by atoms with van der Waals surface area (Å²) >= 11 is 0. The van der Waals surface area contributed by atoms with Gasteiger partial charge in [0.25, 0.3) is 5.56 Å². The molecule has 1 N–H and O–H groups in total. The number of methoxy groups -OCH3 is 1. The molecule has 0 radical (unpaired) electrons. The van der Waals surface area contributed by atoms with Crippen LogP contribution in [0.15, 0.2) is 59.7 Å². The molecule has 1 aromatic heterocycles. The van der Waals surface area contributed by atoms with Gasteiger partial charge >= 0.3 is 0 Å². The number of nitrogens with one attached hydrogen (secondary N) is 1. The van der Waals surface area contributed by atoms with Gasteiger partial charge in [-0.1, -0.05) is 6.07 Å². The summed E-state index contributed by atoms with van der Waals surface area (Å²) in [4.78, 5) is 28.8. The second kappa shape index (κ2) is 9.73. The molecule has 3 rings (SSSR count). The van der Waals surface area contributed by atoms with Crippen molar-refractivity contribution in [3.63, 3.8) is 0 Å². The lowest BCUT2D eigenvalue weighted by atomic mass is 10.1. The first kappa shape index (κ1) is 21.1. The summed E-state index contributed by atoms with van der Waals surface area (Å²) in [7, 11) is 1.59. The minimum absolute atomic E-state index is 0.0989. The first-order chi connectivity index (χ1) is 14.4. The number of nitrogens with zero attached hydrogens (tertiary/aromatic N) is 2. The average Bonchev–Trinajstić information content (AvgIpc) is 2.72. The molecule has 0 unspecified atom stereocenters. The van der Waals surface area contributed by atoms with Gasteiger partial charge in [0.15, 0.2) is 0 Å². The number of hydrogen-bond acceptors (Lipinski definition) is 5. The highest BCUT2D eigenvalue weighted by molar-refractivity contribution is 5.75. The van der Waals surface area contributed by atoms with Gasteiger partial charge in [-0.15, -0.1) is 0 Å². The Morgan fingerprint density at radius 1 is 1.03 bits per heavy atom. The summed E-state index contributed by atoms with van der Waals surface area (Å²) < 4.78 is 12.1. The average molecular weight is 407 g/mol. The predicted octanol–water partition coefficient (Wildman–Crippen LogP) is 2.73. The molecule has 0 fully saturated rings. The molecule has 3 aromatic rings. The Morgan fingerprint density at radius 2 is 1.73 bits per heavy atom. The quantitative estimate of drug-likeness (QED) is 0.581. The molecular weight excluding hydrogens is 382 g/mol. The summed E-state index contributed by atoms with van der Waals surface area (Å²) in [6.07, 6.45) is 1.38. The summed E-state index contributed by atoms with van der Waals surface area (Å²) in [5.74, 6) is 1.22. The van der Waals surface area contributed by atoms with Crippen LogP contribution in [0.1, 0.15) is 11.1 Å². The van der Waals surface area contributed by atoms with Crippen molar-refractivity contribution >= 4 is 5.91 Å². The molecular formula is C23H25N3O4. The molecule has 7 heteroatoms. The van der Waals surface area contributed by atoms with E-state index < -0.39 is 0 Å². The second-order valence-electron chi connectivity index (χ2n) is 6.99. The molecule has 0 aliphatic rings. The number of aryl methyl sites for hydroxylation is 2. The van der Waals surface area contributed by atoms with Gasteiger partial charge in [0, 0.05) is 11.6 Å². The number of aromatic nitrogens is 2. The van der Waals surface area contributed by atoms with Gasteiger partial charge in [0.2, 0.25) is 5.91 Å². The zero-order chi connectivity index (χ0) is 21.5. The number of benzene rings is 2. The highest BCUT2D eigenvalue weighted by atomic mass is 16.5. The van der Waals surface area contributed by atoms with Crippen molar-refractivity contribution in [2.24, 2.45) is 0 Å². The van der Waals surface area contributed by atoms with Crippen molar-refractivity contribution in [1.82, 2.24) is 14.9 Å². The number of ether oxygens (including phenoxy) is 2. The van der Waals surface area contributed by atoms with Crippen LogP contribution in [0, 0.1) is 13.8 Å². The van der Waals surface area contributed by atoms with E-state index >= 15 is 0 Å². The van der Waals surface area contributed by atoms with Crippen molar-refractivity contribution in [3.05, 3.63) is 76.3 Å². The SMILES string of the molecule is COc1ccc(-c2cc(=O)n(CC(=O)NCCOc3cc(C)cc(C)c3)cn2)cc1. The van der Waals surface area contributed by atoms with Crippen molar-refractivity contribution in [2.45, 2.75) is 20.4 Å². The second-order valence-corrected chi connectivity index (χ2v) is 6.99. The van der Waals surface area contributed by atoms with Gasteiger partial charge < -0.3 is 14.8 Å². The molecule has 0 aliphatic heterocycles. The first-order valence-electron chi connectivity index (χ1n) is 9.63. The van der Waals surface area contributed by atoms with E-state index in [1.807, 2.05) is 38.1 Å². The Kier molecular flexibility index (Phi) is 6.85. The third-order valence-corrected chi connectivity index (χ3v) is 4.47. The van der Waals surface area contributed by atoms with E-state index in [2.05, 4.69) is 16.4 Å². The number of amides is 1. The molecule has 2 aromatic carbocycles. The zero-order valence-corrected chi connectivity index (χ0v) is 17.3. The maximum Gasteiger partial charge on any atom is 0.254 e. The number of rotatable bonds is 8. The van der Waals surface area contributed by atoms with Crippen LogP contribution in [0.4, 0.5) is 0 Å². The third-order valence-electron chi connectivity index (χ3n) is 4.47. The minimum atomic E-state index is -0.294. The number of carbonyl (C=O) groups is 1. The summed E-state index contributed by atoms with van der Waals surface area (Å²) in [6.45, 7) is 4.61. The van der Waals surface area contributed by atoms with Crippen LogP contribution in [-0.2, 0) is 11.3 Å². The van der Waals surface area contributed by atoms with Gasteiger partial charge in [0.05, 0.1) is 25.7 Å². The van der Waals surface area contributed by atoms with E-state index in [0.29, 0.717) is 18.8 Å². The molecule has 1 heterocycles. The zero-order valence-electron chi connectivity index (χ0n) is 17.3. The van der Waals surface area contributed by atoms with E-state index in [0.717, 1.165) is 28.2 Å². The Balaban J connectivity index is 1.51. The van der Waals surface area contributed by atoms with Gasteiger partial charge in [-0.25, -0.2) is 4.98 Å². The monoisotopic (exact) mass is 407 g/mol. The molecule has 0 bridgehead atoms. The Bertz CT molecular complexity index is 1050. The maximum absolute atomic E-state index is 12.3. The van der Waals surface area contributed by atoms with Crippen LogP contribution >= 0.6 is 0 Å². The van der Waals surface area contributed by atoms with E-state index in [1.165, 1.54) is 17.0 Å². The molecule has 0 aliphatic carbocycles. The molecule has 156 valence electrons. The number of hydrogen-bond donors (Lipinski definition) is 1.